The minimum atomic E-state index is -0.153. The van der Waals surface area contributed by atoms with Crippen LogP contribution in [0.2, 0.25) is 5.02 Å². The summed E-state index contributed by atoms with van der Waals surface area (Å²) < 4.78 is 13.4. The number of nitrogens with zero attached hydrogens (tertiary/aromatic N) is 2. The molecule has 0 atom stereocenters. The lowest BCUT2D eigenvalue weighted by Crippen LogP contribution is -2.39. The van der Waals surface area contributed by atoms with Crippen LogP contribution < -0.4 is 5.32 Å². The molecule has 0 unspecified atom stereocenters. The minimum Gasteiger partial charge on any atom is -0.456 e. The molecule has 0 saturated carbocycles. The Labute approximate surface area is 191 Å². The molecule has 0 radical (unpaired) electrons. The van der Waals surface area contributed by atoms with Gasteiger partial charge in [-0.25, -0.2) is 0 Å². The van der Waals surface area contributed by atoms with Crippen molar-refractivity contribution in [1.29, 1.82) is 0 Å². The molecule has 6 nitrogen and oxygen atoms in total. The molecule has 5 rings (SSSR count). The summed E-state index contributed by atoms with van der Waals surface area (Å²) in [7, 11) is 0. The highest BCUT2D eigenvalue weighted by Crippen LogP contribution is 2.32. The van der Waals surface area contributed by atoms with Gasteiger partial charge in [0.1, 0.15) is 17.0 Å². The Morgan fingerprint density at radius 3 is 2.72 bits per heavy atom. The molecule has 1 aliphatic heterocycles. The smallest absolute Gasteiger partial charge is 0.272 e. The molecule has 7 heteroatoms. The summed E-state index contributed by atoms with van der Waals surface area (Å²) in [4.78, 5) is 12.7. The molecule has 32 heavy (non-hydrogen) atoms. The second-order valence-corrected chi connectivity index (χ2v) is 8.59. The number of hydrogen-bond donors (Lipinski definition) is 1. The van der Waals surface area contributed by atoms with Crippen LogP contribution in [0, 0.1) is 6.92 Å². The molecule has 2 aromatic carbocycles. The Balaban J connectivity index is 1.42. The van der Waals surface area contributed by atoms with Gasteiger partial charge in [-0.15, -0.1) is 0 Å². The van der Waals surface area contributed by atoms with Gasteiger partial charge in [-0.2, -0.15) is 5.10 Å². The van der Waals surface area contributed by atoms with E-state index in [2.05, 4.69) is 10.4 Å². The Hall–Kier alpha value is -3.09. The van der Waals surface area contributed by atoms with Crippen LogP contribution in [0.25, 0.3) is 22.3 Å². The molecule has 0 bridgehead atoms. The van der Waals surface area contributed by atoms with Crippen molar-refractivity contribution in [3.63, 3.8) is 0 Å². The molecule has 1 amide bonds. The lowest BCUT2D eigenvalue weighted by molar-refractivity contribution is 0.0694. The third-order valence-electron chi connectivity index (χ3n) is 5.81. The number of aryl methyl sites for hydroxylation is 1. The number of fused-ring (bicyclic) bond motifs is 1. The summed E-state index contributed by atoms with van der Waals surface area (Å²) >= 11 is 6.40. The molecular weight excluding hydrogens is 426 g/mol. The van der Waals surface area contributed by atoms with Gasteiger partial charge in [0, 0.05) is 46.5 Å². The van der Waals surface area contributed by atoms with Gasteiger partial charge in [0.05, 0.1) is 6.54 Å². The molecule has 1 fully saturated rings. The second kappa shape index (κ2) is 8.81. The number of benzene rings is 2. The highest BCUT2D eigenvalue weighted by Gasteiger charge is 2.20. The quantitative estimate of drug-likeness (QED) is 0.453. The maximum Gasteiger partial charge on any atom is 0.272 e. The first-order valence-corrected chi connectivity index (χ1v) is 11.1. The molecular formula is C25H24ClN3O3. The predicted octanol–water partition coefficient (Wildman–Crippen LogP) is 5.22. The second-order valence-electron chi connectivity index (χ2n) is 8.15. The van der Waals surface area contributed by atoms with Crippen LogP contribution in [0.15, 0.2) is 59.0 Å². The van der Waals surface area contributed by atoms with Crippen molar-refractivity contribution in [1.82, 2.24) is 15.1 Å². The van der Waals surface area contributed by atoms with E-state index in [0.717, 1.165) is 46.4 Å². The van der Waals surface area contributed by atoms with Crippen molar-refractivity contribution in [2.75, 3.05) is 13.2 Å². The average molecular weight is 450 g/mol. The molecule has 4 aromatic rings. The number of carbonyl (C=O) groups is 1. The number of aromatic nitrogens is 2. The summed E-state index contributed by atoms with van der Waals surface area (Å²) in [6.07, 6.45) is 1.66. The highest BCUT2D eigenvalue weighted by atomic mass is 35.5. The maximum atomic E-state index is 12.7. The number of amides is 1. The monoisotopic (exact) mass is 449 g/mol. The van der Waals surface area contributed by atoms with E-state index >= 15 is 0 Å². The molecule has 2 aromatic heterocycles. The van der Waals surface area contributed by atoms with Gasteiger partial charge < -0.3 is 14.5 Å². The number of nitrogens with one attached hydrogen (secondary N) is 1. The van der Waals surface area contributed by atoms with Crippen LogP contribution in [0.4, 0.5) is 0 Å². The third-order valence-corrected chi connectivity index (χ3v) is 6.02. The fraction of sp³-hybridized carbons (Fsp3) is 0.280. The van der Waals surface area contributed by atoms with Crippen molar-refractivity contribution < 1.29 is 13.9 Å². The van der Waals surface area contributed by atoms with Crippen LogP contribution in [0.1, 0.15) is 34.6 Å². The van der Waals surface area contributed by atoms with Crippen molar-refractivity contribution in [3.05, 3.63) is 76.6 Å². The summed E-state index contributed by atoms with van der Waals surface area (Å²) in [6.45, 7) is 3.75. The minimum absolute atomic E-state index is 0.133. The van der Waals surface area contributed by atoms with Crippen LogP contribution in [-0.2, 0) is 11.3 Å². The number of hydrogen-bond acceptors (Lipinski definition) is 4. The zero-order valence-electron chi connectivity index (χ0n) is 17.8. The van der Waals surface area contributed by atoms with E-state index in [1.165, 1.54) is 0 Å². The van der Waals surface area contributed by atoms with Gasteiger partial charge in [0.2, 0.25) is 0 Å². The molecule has 0 spiro atoms. The highest BCUT2D eigenvalue weighted by molar-refractivity contribution is 6.31. The maximum absolute atomic E-state index is 12.7. The van der Waals surface area contributed by atoms with E-state index < -0.39 is 0 Å². The zero-order valence-corrected chi connectivity index (χ0v) is 18.6. The van der Waals surface area contributed by atoms with Crippen LogP contribution in [0.5, 0.6) is 0 Å². The number of ether oxygens (including phenoxy) is 1. The summed E-state index contributed by atoms with van der Waals surface area (Å²) in [5.41, 5.74) is 4.00. The van der Waals surface area contributed by atoms with E-state index in [1.807, 2.05) is 66.2 Å². The summed E-state index contributed by atoms with van der Waals surface area (Å²) in [5, 5.41) is 9.20. The molecule has 164 valence electrons. The fourth-order valence-electron chi connectivity index (χ4n) is 4.09. The molecule has 3 heterocycles. The average Bonchev–Trinajstić information content (AvgIpc) is 3.39. The van der Waals surface area contributed by atoms with Crippen molar-refractivity contribution >= 4 is 28.5 Å². The van der Waals surface area contributed by atoms with Gasteiger partial charge in [-0.1, -0.05) is 41.9 Å². The molecule has 1 saturated heterocycles. The molecule has 1 aliphatic rings. The first-order chi connectivity index (χ1) is 15.6. The number of rotatable bonds is 5. The predicted molar refractivity (Wildman–Crippen MR) is 124 cm³/mol. The lowest BCUT2D eigenvalue weighted by atomic mass is 10.1. The summed E-state index contributed by atoms with van der Waals surface area (Å²) in [6, 6.07) is 17.7. The number of furan rings is 1. The standard InChI is InChI=1S/C25H24ClN3O3/c1-16-11-22(25(30)27-21-7-9-31-10-8-21)28-29(16)15-19-13-20(26)12-18-14-23(32-24(18)19)17-5-3-2-4-6-17/h2-6,11-14,21H,7-10,15H2,1H3,(H,27,30). The first-order valence-electron chi connectivity index (χ1n) is 10.8. The molecule has 1 N–H and O–H groups in total. The van der Waals surface area contributed by atoms with Crippen LogP contribution in [0.3, 0.4) is 0 Å². The Kier molecular flexibility index (Phi) is 5.72. The topological polar surface area (TPSA) is 69.3 Å². The van der Waals surface area contributed by atoms with Crippen molar-refractivity contribution in [3.8, 4) is 11.3 Å². The van der Waals surface area contributed by atoms with Gasteiger partial charge in [-0.05, 0) is 44.0 Å². The Bertz CT molecular complexity index is 1260. The first kappa shape index (κ1) is 20.8. The fourth-order valence-corrected chi connectivity index (χ4v) is 4.34. The Morgan fingerprint density at radius 1 is 1.16 bits per heavy atom. The van der Waals surface area contributed by atoms with Gasteiger partial charge in [0.25, 0.3) is 5.91 Å². The Morgan fingerprint density at radius 2 is 1.94 bits per heavy atom. The van der Waals surface area contributed by atoms with Gasteiger partial charge >= 0.3 is 0 Å². The van der Waals surface area contributed by atoms with Gasteiger partial charge in [0.15, 0.2) is 0 Å². The lowest BCUT2D eigenvalue weighted by Gasteiger charge is -2.22. The largest absolute Gasteiger partial charge is 0.456 e. The van der Waals surface area contributed by atoms with Crippen LogP contribution in [-0.4, -0.2) is 34.9 Å². The van der Waals surface area contributed by atoms with Crippen molar-refractivity contribution in [2.45, 2.75) is 32.4 Å². The number of halogens is 1. The van der Waals surface area contributed by atoms with E-state index in [9.17, 15) is 4.79 Å². The third kappa shape index (κ3) is 4.29. The van der Waals surface area contributed by atoms with Crippen molar-refractivity contribution in [2.24, 2.45) is 0 Å². The van der Waals surface area contributed by atoms with E-state index in [1.54, 1.807) is 0 Å². The van der Waals surface area contributed by atoms with Gasteiger partial charge in [-0.3, -0.25) is 9.48 Å². The van der Waals surface area contributed by atoms with Crippen LogP contribution >= 0.6 is 11.6 Å². The normalized spacial score (nSPS) is 14.7. The SMILES string of the molecule is Cc1cc(C(=O)NC2CCOCC2)nn1Cc1cc(Cl)cc2cc(-c3ccccc3)oc12. The zero-order chi connectivity index (χ0) is 22.1. The van der Waals surface area contributed by atoms with E-state index in [4.69, 9.17) is 20.8 Å². The summed E-state index contributed by atoms with van der Waals surface area (Å²) in [5.74, 6) is 0.636. The number of carbonyl (C=O) groups excluding carboxylic acids is 1. The molecule has 0 aliphatic carbocycles. The van der Waals surface area contributed by atoms with E-state index in [0.29, 0.717) is 30.5 Å². The van der Waals surface area contributed by atoms with E-state index in [-0.39, 0.29) is 11.9 Å².